The van der Waals surface area contributed by atoms with Crippen LogP contribution in [0.1, 0.15) is 106 Å². The number of hydrogen-bond donors (Lipinski definition) is 4. The lowest BCUT2D eigenvalue weighted by Crippen LogP contribution is -2.57. The number of likely N-dealkylation sites (tertiary alicyclic amines) is 1. The van der Waals surface area contributed by atoms with Crippen LogP contribution < -0.4 is 16.0 Å². The molecular formula is C54H67F3N8O7S. The summed E-state index contributed by atoms with van der Waals surface area (Å²) in [4.78, 5) is 60.4. The molecule has 73 heavy (non-hydrogen) atoms. The van der Waals surface area contributed by atoms with Gasteiger partial charge in [0.2, 0.25) is 17.7 Å². The molecule has 3 atom stereocenters. The molecule has 0 spiro atoms. The van der Waals surface area contributed by atoms with Gasteiger partial charge in [-0.1, -0.05) is 77.1 Å². The van der Waals surface area contributed by atoms with Crippen LogP contribution in [0.25, 0.3) is 38.1 Å². The van der Waals surface area contributed by atoms with Crippen LogP contribution >= 0.6 is 11.3 Å². The zero-order chi connectivity index (χ0) is 52.3. The molecular weight excluding hydrogens is 962 g/mol. The Kier molecular flexibility index (Phi) is 18.5. The van der Waals surface area contributed by atoms with Crippen molar-refractivity contribution in [3.8, 4) is 16.1 Å². The SMILES string of the molecule is Cc1ncsc1-c1ccc(CNC(=O)[C@@H]2C[C@H](O)CN2C(=O)[C@@H](NC(=O)CCCCCCCCCOCCOCCNC(=O)c2ccc3c(c2)c2cn(C)nc2n3-c2ccc(C(F)(F)F)cc2)C(C)(C)C)cc1. The van der Waals surface area contributed by atoms with E-state index in [9.17, 15) is 37.5 Å². The molecule has 3 aromatic heterocycles. The van der Waals surface area contributed by atoms with E-state index in [1.165, 1.54) is 17.0 Å². The Bertz CT molecular complexity index is 2820. The Morgan fingerprint density at radius 2 is 1.53 bits per heavy atom. The number of aromatic nitrogens is 4. The molecule has 15 nitrogen and oxygen atoms in total. The van der Waals surface area contributed by atoms with E-state index < -0.39 is 35.3 Å². The van der Waals surface area contributed by atoms with E-state index in [4.69, 9.17) is 9.47 Å². The quantitative estimate of drug-likeness (QED) is 0.0432. The Morgan fingerprint density at radius 1 is 0.849 bits per heavy atom. The Hall–Kier alpha value is -6.15. The number of thiazole rings is 1. The van der Waals surface area contributed by atoms with Crippen molar-refractivity contribution in [3.63, 3.8) is 0 Å². The Morgan fingerprint density at radius 3 is 2.21 bits per heavy atom. The van der Waals surface area contributed by atoms with Gasteiger partial charge in [-0.05, 0) is 78.8 Å². The van der Waals surface area contributed by atoms with Crippen molar-refractivity contribution in [1.82, 2.24) is 40.2 Å². The number of carbonyl (C=O) groups is 4. The molecule has 7 rings (SSSR count). The molecule has 0 bridgehead atoms. The van der Waals surface area contributed by atoms with E-state index in [1.54, 1.807) is 45.8 Å². The average Bonchev–Trinajstić information content (AvgIpc) is 4.14. The largest absolute Gasteiger partial charge is 0.416 e. The molecule has 6 aromatic rings. The van der Waals surface area contributed by atoms with Crippen LogP contribution in [-0.4, -0.2) is 111 Å². The number of β-amino-alcohol motifs (C(OH)–C–C–N with tert-alkyl or cyclic N) is 1. The Labute approximate surface area is 427 Å². The van der Waals surface area contributed by atoms with Gasteiger partial charge in [-0.3, -0.25) is 28.4 Å². The number of nitrogens with one attached hydrogen (secondary N) is 3. The summed E-state index contributed by atoms with van der Waals surface area (Å²) < 4.78 is 54.4. The van der Waals surface area contributed by atoms with Crippen LogP contribution in [0.5, 0.6) is 0 Å². The number of carbonyl (C=O) groups excluding carboxylic acids is 4. The molecule has 392 valence electrons. The average molecular weight is 1030 g/mol. The van der Waals surface area contributed by atoms with Gasteiger partial charge in [0.15, 0.2) is 5.65 Å². The molecule has 0 saturated carbocycles. The third-order valence-corrected chi connectivity index (χ3v) is 14.0. The van der Waals surface area contributed by atoms with Gasteiger partial charge in [0.1, 0.15) is 12.1 Å². The summed E-state index contributed by atoms with van der Waals surface area (Å²) in [5.41, 5.74) is 5.62. The minimum absolute atomic E-state index is 0.0195. The second kappa shape index (κ2) is 24.7. The molecule has 4 N–H and O–H groups in total. The van der Waals surface area contributed by atoms with Gasteiger partial charge in [0.05, 0.1) is 53.1 Å². The topological polar surface area (TPSA) is 182 Å². The first-order chi connectivity index (χ1) is 34.9. The number of aliphatic hydroxyl groups excluding tert-OH is 1. The number of alkyl halides is 3. The molecule has 3 aromatic carbocycles. The summed E-state index contributed by atoms with van der Waals surface area (Å²) in [7, 11) is 1.76. The van der Waals surface area contributed by atoms with E-state index in [-0.39, 0.29) is 49.6 Å². The van der Waals surface area contributed by atoms with Crippen LogP contribution in [0.3, 0.4) is 0 Å². The molecule has 4 amide bonds. The predicted octanol–water partition coefficient (Wildman–Crippen LogP) is 8.66. The van der Waals surface area contributed by atoms with E-state index >= 15 is 0 Å². The second-order valence-corrected chi connectivity index (χ2v) is 20.7. The van der Waals surface area contributed by atoms with Crippen LogP contribution in [-0.2, 0) is 43.6 Å². The summed E-state index contributed by atoms with van der Waals surface area (Å²) in [6, 6.07) is 16.3. The van der Waals surface area contributed by atoms with Gasteiger partial charge in [0, 0.05) is 74.4 Å². The van der Waals surface area contributed by atoms with Crippen molar-refractivity contribution >= 4 is 56.9 Å². The van der Waals surface area contributed by atoms with E-state index in [1.807, 2.05) is 63.7 Å². The maximum absolute atomic E-state index is 14.0. The number of halogens is 3. The Balaban J connectivity index is 0.723. The van der Waals surface area contributed by atoms with Crippen LogP contribution in [0, 0.1) is 12.3 Å². The van der Waals surface area contributed by atoms with Crippen molar-refractivity contribution in [1.29, 1.82) is 0 Å². The van der Waals surface area contributed by atoms with E-state index in [0.29, 0.717) is 61.8 Å². The molecule has 1 aliphatic heterocycles. The zero-order valence-electron chi connectivity index (χ0n) is 42.2. The third-order valence-electron chi connectivity index (χ3n) is 13.1. The molecule has 0 unspecified atom stereocenters. The third kappa shape index (κ3) is 14.3. The fourth-order valence-electron chi connectivity index (χ4n) is 9.14. The van der Waals surface area contributed by atoms with Crippen LogP contribution in [0.15, 0.2) is 78.4 Å². The standard InChI is InChI=1S/C54H67F3N8O7S/c1-35-47(73-34-60-35)37-16-14-36(15-17-37)31-59-51(69)45-30-41(66)32-64(45)52(70)48(53(2,3)4)61-46(67)13-11-9-7-6-8-10-12-25-71-27-28-72-26-24-58-50(68)38-18-23-44-42(29-38)43-33-63(5)62-49(43)65(44)40-21-19-39(20-22-40)54(55,56)57/h14-23,29,33-34,41,45,48,66H,6-13,24-28,30-32H2,1-5H3,(H,58,68)(H,59,69)(H,61,67)/t41-,45-,48+/m0/s1. The summed E-state index contributed by atoms with van der Waals surface area (Å²) in [5, 5.41) is 25.4. The minimum atomic E-state index is -4.44. The van der Waals surface area contributed by atoms with Crippen molar-refractivity contribution in [2.45, 2.75) is 116 Å². The molecule has 4 heterocycles. The lowest BCUT2D eigenvalue weighted by Gasteiger charge is -2.35. The second-order valence-electron chi connectivity index (χ2n) is 19.8. The van der Waals surface area contributed by atoms with Gasteiger partial charge >= 0.3 is 6.18 Å². The summed E-state index contributed by atoms with van der Waals surface area (Å²) >= 11 is 1.58. The van der Waals surface area contributed by atoms with Gasteiger partial charge < -0.3 is 35.4 Å². The van der Waals surface area contributed by atoms with Crippen LogP contribution in [0.4, 0.5) is 13.2 Å². The molecule has 0 radical (unpaired) electrons. The normalized spacial score (nSPS) is 15.5. The van der Waals surface area contributed by atoms with E-state index in [0.717, 1.165) is 83.1 Å². The van der Waals surface area contributed by atoms with Crippen molar-refractivity contribution < 1.29 is 46.9 Å². The number of rotatable bonds is 24. The summed E-state index contributed by atoms with van der Waals surface area (Å²) in [5.74, 6) is -1.21. The molecule has 1 fully saturated rings. The lowest BCUT2D eigenvalue weighted by atomic mass is 9.85. The maximum atomic E-state index is 14.0. The molecule has 1 aliphatic rings. The number of nitrogens with zero attached hydrogens (tertiary/aromatic N) is 5. The number of aryl methyl sites for hydroxylation is 2. The fourth-order valence-corrected chi connectivity index (χ4v) is 9.95. The number of hydrogen-bond acceptors (Lipinski definition) is 10. The van der Waals surface area contributed by atoms with Gasteiger partial charge in [0.25, 0.3) is 5.91 Å². The molecule has 0 aliphatic carbocycles. The van der Waals surface area contributed by atoms with Gasteiger partial charge in [-0.2, -0.15) is 18.3 Å². The number of unbranched alkanes of at least 4 members (excludes halogenated alkanes) is 6. The lowest BCUT2D eigenvalue weighted by molar-refractivity contribution is -0.144. The number of amides is 4. The number of aliphatic hydroxyl groups is 1. The fraction of sp³-hybridized carbons (Fsp3) is 0.481. The maximum Gasteiger partial charge on any atom is 0.416 e. The van der Waals surface area contributed by atoms with Crippen LogP contribution in [0.2, 0.25) is 0 Å². The first-order valence-electron chi connectivity index (χ1n) is 25.0. The summed E-state index contributed by atoms with van der Waals surface area (Å²) in [6.07, 6.45) is 3.53. The number of fused-ring (bicyclic) bond motifs is 3. The zero-order valence-corrected chi connectivity index (χ0v) is 43.0. The van der Waals surface area contributed by atoms with Gasteiger partial charge in [-0.15, -0.1) is 11.3 Å². The highest BCUT2D eigenvalue weighted by Gasteiger charge is 2.44. The highest BCUT2D eigenvalue weighted by Crippen LogP contribution is 2.35. The predicted molar refractivity (Wildman–Crippen MR) is 275 cm³/mol. The van der Waals surface area contributed by atoms with Crippen molar-refractivity contribution in [2.24, 2.45) is 12.5 Å². The number of ether oxygens (including phenoxy) is 2. The monoisotopic (exact) mass is 1030 g/mol. The van der Waals surface area contributed by atoms with Crippen molar-refractivity contribution in [3.05, 3.63) is 101 Å². The first-order valence-corrected chi connectivity index (χ1v) is 25.9. The molecule has 19 heteroatoms. The van der Waals surface area contributed by atoms with Gasteiger partial charge in [-0.25, -0.2) is 4.98 Å². The van der Waals surface area contributed by atoms with Crippen molar-refractivity contribution in [2.75, 3.05) is 39.5 Å². The highest BCUT2D eigenvalue weighted by atomic mass is 32.1. The summed E-state index contributed by atoms with van der Waals surface area (Å²) in [6.45, 7) is 9.95. The number of benzene rings is 3. The highest BCUT2D eigenvalue weighted by molar-refractivity contribution is 7.13. The smallest absolute Gasteiger partial charge is 0.391 e. The van der Waals surface area contributed by atoms with E-state index in [2.05, 4.69) is 26.0 Å². The first kappa shape index (κ1) is 54.6. The minimum Gasteiger partial charge on any atom is -0.391 e. The molecule has 1 saturated heterocycles.